The lowest BCUT2D eigenvalue weighted by atomic mass is 10.1. The molecule has 0 radical (unpaired) electrons. The van der Waals surface area contributed by atoms with Crippen LogP contribution in [0.15, 0.2) is 81.6 Å². The van der Waals surface area contributed by atoms with Crippen molar-refractivity contribution in [1.82, 2.24) is 20.2 Å². The minimum absolute atomic E-state index is 0.146. The smallest absolute Gasteiger partial charge is 0.250 e. The van der Waals surface area contributed by atoms with Crippen molar-refractivity contribution in [3.05, 3.63) is 83.8 Å². The Balaban J connectivity index is 1.54. The summed E-state index contributed by atoms with van der Waals surface area (Å²) in [6.45, 7) is 4.09. The summed E-state index contributed by atoms with van der Waals surface area (Å²) in [5.41, 5.74) is 6.72. The number of hydrogen-bond acceptors (Lipinski definition) is 6. The van der Waals surface area contributed by atoms with Gasteiger partial charge in [0.1, 0.15) is 5.76 Å². The van der Waals surface area contributed by atoms with E-state index in [2.05, 4.69) is 20.7 Å². The average Bonchev–Trinajstić information content (AvgIpc) is 3.43. The normalized spacial score (nSPS) is 11.2. The molecular weight excluding hydrogens is 410 g/mol. The van der Waals surface area contributed by atoms with Gasteiger partial charge in [0.25, 0.3) is 5.91 Å². The molecule has 1 amide bonds. The molecule has 0 bridgehead atoms. The van der Waals surface area contributed by atoms with Crippen LogP contribution >= 0.6 is 11.8 Å². The van der Waals surface area contributed by atoms with Crippen molar-refractivity contribution in [1.29, 1.82) is 0 Å². The molecule has 1 N–H and O–H groups in total. The second-order valence-corrected chi connectivity index (χ2v) is 7.88. The summed E-state index contributed by atoms with van der Waals surface area (Å²) >= 11 is 1.30. The van der Waals surface area contributed by atoms with Crippen molar-refractivity contribution in [3.63, 3.8) is 0 Å². The van der Waals surface area contributed by atoms with E-state index in [9.17, 15) is 4.79 Å². The van der Waals surface area contributed by atoms with Gasteiger partial charge in [-0.3, -0.25) is 9.36 Å². The molecule has 4 aromatic rings. The van der Waals surface area contributed by atoms with Crippen LogP contribution in [0.25, 0.3) is 17.1 Å². The molecule has 2 aromatic carbocycles. The van der Waals surface area contributed by atoms with Gasteiger partial charge in [-0.15, -0.1) is 10.2 Å². The van der Waals surface area contributed by atoms with E-state index in [-0.39, 0.29) is 11.7 Å². The van der Waals surface area contributed by atoms with E-state index >= 15 is 0 Å². The first-order valence-corrected chi connectivity index (χ1v) is 10.7. The number of carbonyl (C=O) groups is 1. The number of hydrogen-bond donors (Lipinski definition) is 1. The largest absolute Gasteiger partial charge is 0.463 e. The molecule has 7 nitrogen and oxygen atoms in total. The van der Waals surface area contributed by atoms with Crippen molar-refractivity contribution in [3.8, 4) is 17.1 Å². The highest BCUT2D eigenvalue weighted by Gasteiger charge is 2.17. The Labute approximate surface area is 184 Å². The van der Waals surface area contributed by atoms with Gasteiger partial charge in [-0.2, -0.15) is 5.10 Å². The van der Waals surface area contributed by atoms with Crippen molar-refractivity contribution in [2.24, 2.45) is 5.10 Å². The van der Waals surface area contributed by atoms with E-state index in [1.54, 1.807) is 18.4 Å². The Morgan fingerprint density at radius 3 is 2.45 bits per heavy atom. The molecule has 0 spiro atoms. The van der Waals surface area contributed by atoms with Crippen molar-refractivity contribution >= 4 is 23.9 Å². The second kappa shape index (κ2) is 9.44. The maximum atomic E-state index is 12.2. The van der Waals surface area contributed by atoms with E-state index in [4.69, 9.17) is 4.42 Å². The third-order valence-corrected chi connectivity index (χ3v) is 5.42. The van der Waals surface area contributed by atoms with Gasteiger partial charge in [-0.25, -0.2) is 5.43 Å². The van der Waals surface area contributed by atoms with Gasteiger partial charge in [-0.1, -0.05) is 59.3 Å². The lowest BCUT2D eigenvalue weighted by Crippen LogP contribution is -2.19. The molecule has 8 heteroatoms. The molecule has 0 saturated heterocycles. The minimum Gasteiger partial charge on any atom is -0.463 e. The van der Waals surface area contributed by atoms with Crippen LogP contribution in [0.3, 0.4) is 0 Å². The van der Waals surface area contributed by atoms with Crippen molar-refractivity contribution < 1.29 is 9.21 Å². The van der Waals surface area contributed by atoms with E-state index in [0.717, 1.165) is 22.6 Å². The zero-order chi connectivity index (χ0) is 21.6. The highest BCUT2D eigenvalue weighted by atomic mass is 32.2. The molecule has 31 heavy (non-hydrogen) atoms. The number of rotatable bonds is 7. The number of amides is 1. The fourth-order valence-corrected chi connectivity index (χ4v) is 3.62. The highest BCUT2D eigenvalue weighted by Crippen LogP contribution is 2.28. The monoisotopic (exact) mass is 431 g/mol. The van der Waals surface area contributed by atoms with Gasteiger partial charge in [0.05, 0.1) is 18.2 Å². The van der Waals surface area contributed by atoms with Crippen LogP contribution in [-0.2, 0) is 4.79 Å². The number of hydrazone groups is 1. The topological polar surface area (TPSA) is 85.3 Å². The Morgan fingerprint density at radius 1 is 1.06 bits per heavy atom. The number of nitrogens with zero attached hydrogens (tertiary/aromatic N) is 4. The number of nitrogens with one attached hydrogen (secondary N) is 1. The Bertz CT molecular complexity index is 1180. The number of aryl methyl sites for hydroxylation is 2. The van der Waals surface area contributed by atoms with Gasteiger partial charge < -0.3 is 4.42 Å². The Hall–Kier alpha value is -3.65. The quantitative estimate of drug-likeness (QED) is 0.267. The lowest BCUT2D eigenvalue weighted by Gasteiger charge is -2.11. The van der Waals surface area contributed by atoms with Crippen LogP contribution in [-0.4, -0.2) is 32.6 Å². The molecule has 0 aliphatic rings. The predicted octanol–water partition coefficient (Wildman–Crippen LogP) is 4.39. The third-order valence-electron chi connectivity index (χ3n) is 4.49. The summed E-state index contributed by atoms with van der Waals surface area (Å²) in [5.74, 6) is 1.19. The maximum Gasteiger partial charge on any atom is 0.250 e. The highest BCUT2D eigenvalue weighted by molar-refractivity contribution is 7.99. The first-order valence-electron chi connectivity index (χ1n) is 9.68. The summed E-state index contributed by atoms with van der Waals surface area (Å²) in [4.78, 5) is 12.2. The third kappa shape index (κ3) is 5.10. The molecule has 0 aliphatic heterocycles. The standard InChI is InChI=1S/C23H21N5O2S/c1-16-5-9-18(10-6-16)22-26-27-23(28(22)19-11-7-17(2)8-12-19)31-15-21(29)25-24-14-20-4-3-13-30-20/h3-14H,15H2,1-2H3,(H,25,29)/b24-14+. The first kappa shape index (κ1) is 20.6. The lowest BCUT2D eigenvalue weighted by molar-refractivity contribution is -0.118. The number of thioether (sulfide) groups is 1. The molecule has 156 valence electrons. The van der Waals surface area contributed by atoms with Crippen LogP contribution in [0, 0.1) is 13.8 Å². The van der Waals surface area contributed by atoms with Crippen LogP contribution in [0.4, 0.5) is 0 Å². The van der Waals surface area contributed by atoms with Gasteiger partial charge in [0, 0.05) is 11.3 Å². The fourth-order valence-electron chi connectivity index (χ4n) is 2.87. The summed E-state index contributed by atoms with van der Waals surface area (Å²) in [6.07, 6.45) is 3.00. The molecule has 0 aliphatic carbocycles. The van der Waals surface area contributed by atoms with Gasteiger partial charge in [0.2, 0.25) is 0 Å². The Kier molecular flexibility index (Phi) is 6.28. The summed E-state index contributed by atoms with van der Waals surface area (Å²) < 4.78 is 7.11. The molecule has 2 aromatic heterocycles. The Morgan fingerprint density at radius 2 is 1.77 bits per heavy atom. The molecule has 0 saturated carbocycles. The van der Waals surface area contributed by atoms with Crippen LogP contribution in [0.5, 0.6) is 0 Å². The van der Waals surface area contributed by atoms with E-state index in [1.807, 2.05) is 66.9 Å². The van der Waals surface area contributed by atoms with Crippen LogP contribution in [0.2, 0.25) is 0 Å². The molecular formula is C23H21N5O2S. The summed E-state index contributed by atoms with van der Waals surface area (Å²) in [7, 11) is 0. The average molecular weight is 432 g/mol. The molecule has 0 atom stereocenters. The van der Waals surface area contributed by atoms with E-state index < -0.39 is 0 Å². The molecule has 0 unspecified atom stereocenters. The zero-order valence-electron chi connectivity index (χ0n) is 17.1. The molecule has 2 heterocycles. The molecule has 4 rings (SSSR count). The van der Waals surface area contributed by atoms with E-state index in [0.29, 0.717) is 10.9 Å². The van der Waals surface area contributed by atoms with Crippen molar-refractivity contribution in [2.45, 2.75) is 19.0 Å². The summed E-state index contributed by atoms with van der Waals surface area (Å²) in [5, 5.41) is 13.3. The van der Waals surface area contributed by atoms with Crippen LogP contribution < -0.4 is 5.43 Å². The van der Waals surface area contributed by atoms with Crippen LogP contribution in [0.1, 0.15) is 16.9 Å². The van der Waals surface area contributed by atoms with Gasteiger partial charge in [0.15, 0.2) is 11.0 Å². The minimum atomic E-state index is -0.247. The van der Waals surface area contributed by atoms with Crippen molar-refractivity contribution in [2.75, 3.05) is 5.75 Å². The number of benzene rings is 2. The fraction of sp³-hybridized carbons (Fsp3) is 0.130. The number of carbonyl (C=O) groups excluding carboxylic acids is 1. The van der Waals surface area contributed by atoms with Gasteiger partial charge in [-0.05, 0) is 38.1 Å². The van der Waals surface area contributed by atoms with E-state index in [1.165, 1.54) is 23.5 Å². The zero-order valence-corrected chi connectivity index (χ0v) is 18.0. The second-order valence-electron chi connectivity index (χ2n) is 6.94. The predicted molar refractivity (Wildman–Crippen MR) is 121 cm³/mol. The number of furan rings is 1. The SMILES string of the molecule is Cc1ccc(-c2nnc(SCC(=O)N/N=C/c3ccco3)n2-c2ccc(C)cc2)cc1. The van der Waals surface area contributed by atoms with Gasteiger partial charge >= 0.3 is 0 Å². The maximum absolute atomic E-state index is 12.2. The summed E-state index contributed by atoms with van der Waals surface area (Å²) in [6, 6.07) is 19.8. The number of aromatic nitrogens is 3. The first-order chi connectivity index (χ1) is 15.1. The molecule has 0 fully saturated rings.